The molecule has 0 aromatic heterocycles. The highest BCUT2D eigenvalue weighted by Gasteiger charge is 2.39. The first-order valence-corrected chi connectivity index (χ1v) is 7.95. The minimum Gasteiger partial charge on any atom is -0.399 e. The molecule has 21 heavy (non-hydrogen) atoms. The minimum atomic E-state index is -0.0625. The number of carbonyl (C=O) groups excluding carboxylic acids is 1. The minimum absolute atomic E-state index is 0.0625. The number of rotatable bonds is 3. The van der Waals surface area contributed by atoms with Crippen molar-refractivity contribution < 1.29 is 4.79 Å². The van der Waals surface area contributed by atoms with Crippen molar-refractivity contribution in [3.05, 3.63) is 23.8 Å². The van der Waals surface area contributed by atoms with Crippen LogP contribution in [0.3, 0.4) is 0 Å². The summed E-state index contributed by atoms with van der Waals surface area (Å²) in [5.74, 6) is 1.72. The topological polar surface area (TPSA) is 58.4 Å². The average Bonchev–Trinajstić information content (AvgIpc) is 3.01. The largest absolute Gasteiger partial charge is 0.399 e. The lowest BCUT2D eigenvalue weighted by atomic mass is 10.0. The molecule has 1 saturated heterocycles. The van der Waals surface area contributed by atoms with Gasteiger partial charge in [0, 0.05) is 24.5 Å². The van der Waals surface area contributed by atoms with E-state index in [-0.39, 0.29) is 11.9 Å². The van der Waals surface area contributed by atoms with Gasteiger partial charge in [-0.2, -0.15) is 0 Å². The molecule has 3 rings (SSSR count). The number of fused-ring (bicyclic) bond motifs is 1. The summed E-state index contributed by atoms with van der Waals surface area (Å²) in [5, 5.41) is 3.04. The molecule has 1 aromatic carbocycles. The Morgan fingerprint density at radius 2 is 2.00 bits per heavy atom. The molecule has 0 radical (unpaired) electrons. The molecule has 1 aliphatic carbocycles. The molecule has 114 valence electrons. The number of amides is 1. The van der Waals surface area contributed by atoms with Gasteiger partial charge in [-0.25, -0.2) is 0 Å². The number of benzene rings is 1. The van der Waals surface area contributed by atoms with E-state index in [1.807, 2.05) is 32.0 Å². The maximum Gasteiger partial charge on any atom is 0.241 e. The highest BCUT2D eigenvalue weighted by atomic mass is 16.2. The summed E-state index contributed by atoms with van der Waals surface area (Å²) in [7, 11) is 0. The normalized spacial score (nSPS) is 26.6. The van der Waals surface area contributed by atoms with E-state index in [0.29, 0.717) is 0 Å². The zero-order chi connectivity index (χ0) is 15.0. The molecular formula is C17H25N3O. The van der Waals surface area contributed by atoms with Crippen molar-refractivity contribution in [2.45, 2.75) is 39.2 Å². The maximum absolute atomic E-state index is 12.5. The van der Waals surface area contributed by atoms with Crippen LogP contribution in [0, 0.1) is 18.8 Å². The van der Waals surface area contributed by atoms with Gasteiger partial charge in [-0.1, -0.05) is 6.42 Å². The van der Waals surface area contributed by atoms with Gasteiger partial charge in [-0.15, -0.1) is 0 Å². The van der Waals surface area contributed by atoms with Gasteiger partial charge in [-0.3, -0.25) is 9.69 Å². The van der Waals surface area contributed by atoms with Gasteiger partial charge in [0.15, 0.2) is 0 Å². The fraction of sp³-hybridized carbons (Fsp3) is 0.588. The zero-order valence-electron chi connectivity index (χ0n) is 12.9. The quantitative estimate of drug-likeness (QED) is 0.840. The number of nitrogen functional groups attached to an aromatic ring is 1. The van der Waals surface area contributed by atoms with Gasteiger partial charge in [-0.05, 0) is 62.3 Å². The SMILES string of the molecule is Cc1cc(N)ccc1NC(=O)C(C)N1CC2CCCC2C1. The van der Waals surface area contributed by atoms with E-state index < -0.39 is 0 Å². The second-order valence-corrected chi connectivity index (χ2v) is 6.64. The van der Waals surface area contributed by atoms with Gasteiger partial charge < -0.3 is 11.1 Å². The third kappa shape index (κ3) is 2.91. The number of nitrogens with zero attached hydrogens (tertiary/aromatic N) is 1. The standard InChI is InChI=1S/C17H25N3O/c1-11-8-15(18)6-7-16(11)19-17(21)12(2)20-9-13-4-3-5-14(13)10-20/h6-8,12-14H,3-5,9-10,18H2,1-2H3,(H,19,21). The van der Waals surface area contributed by atoms with Crippen molar-refractivity contribution in [1.82, 2.24) is 4.90 Å². The third-order valence-corrected chi connectivity index (χ3v) is 5.19. The van der Waals surface area contributed by atoms with Crippen LogP contribution >= 0.6 is 0 Å². The van der Waals surface area contributed by atoms with Crippen LogP contribution in [0.4, 0.5) is 11.4 Å². The molecule has 0 spiro atoms. The first kappa shape index (κ1) is 14.4. The van der Waals surface area contributed by atoms with Crippen LogP contribution in [0.1, 0.15) is 31.7 Å². The average molecular weight is 287 g/mol. The van der Waals surface area contributed by atoms with Crippen molar-refractivity contribution in [2.75, 3.05) is 24.1 Å². The number of carbonyl (C=O) groups is 1. The first-order valence-electron chi connectivity index (χ1n) is 7.95. The monoisotopic (exact) mass is 287 g/mol. The number of hydrogen-bond donors (Lipinski definition) is 2. The van der Waals surface area contributed by atoms with E-state index >= 15 is 0 Å². The van der Waals surface area contributed by atoms with E-state index in [1.54, 1.807) is 0 Å². The Balaban J connectivity index is 1.62. The lowest BCUT2D eigenvalue weighted by Gasteiger charge is -2.24. The van der Waals surface area contributed by atoms with Crippen LogP contribution < -0.4 is 11.1 Å². The highest BCUT2D eigenvalue weighted by Crippen LogP contribution is 2.38. The number of hydrogen-bond acceptors (Lipinski definition) is 3. The molecule has 4 heteroatoms. The lowest BCUT2D eigenvalue weighted by molar-refractivity contribution is -0.120. The van der Waals surface area contributed by atoms with Gasteiger partial charge in [0.1, 0.15) is 0 Å². The summed E-state index contributed by atoms with van der Waals surface area (Å²) in [4.78, 5) is 14.8. The molecule has 1 aromatic rings. The summed E-state index contributed by atoms with van der Waals surface area (Å²) in [6.07, 6.45) is 4.05. The molecule has 1 aliphatic heterocycles. The van der Waals surface area contributed by atoms with Crippen LogP contribution in [0.25, 0.3) is 0 Å². The third-order valence-electron chi connectivity index (χ3n) is 5.19. The van der Waals surface area contributed by atoms with E-state index in [2.05, 4.69) is 10.2 Å². The predicted molar refractivity (Wildman–Crippen MR) is 86.1 cm³/mol. The van der Waals surface area contributed by atoms with Crippen LogP contribution in [-0.2, 0) is 4.79 Å². The number of aryl methyl sites for hydroxylation is 1. The number of likely N-dealkylation sites (tertiary alicyclic amines) is 1. The Morgan fingerprint density at radius 1 is 1.33 bits per heavy atom. The highest BCUT2D eigenvalue weighted by molar-refractivity contribution is 5.95. The molecule has 3 atom stereocenters. The van der Waals surface area contributed by atoms with Gasteiger partial charge >= 0.3 is 0 Å². The van der Waals surface area contributed by atoms with Crippen molar-refractivity contribution in [1.29, 1.82) is 0 Å². The molecule has 2 aliphatic rings. The van der Waals surface area contributed by atoms with Crippen LogP contribution in [0.5, 0.6) is 0 Å². The molecule has 4 nitrogen and oxygen atoms in total. The molecule has 1 heterocycles. The second kappa shape index (κ2) is 5.68. The van der Waals surface area contributed by atoms with Crippen molar-refractivity contribution in [3.8, 4) is 0 Å². The van der Waals surface area contributed by atoms with Crippen LogP contribution in [-0.4, -0.2) is 29.9 Å². The Morgan fingerprint density at radius 3 is 2.62 bits per heavy atom. The zero-order valence-corrected chi connectivity index (χ0v) is 12.9. The smallest absolute Gasteiger partial charge is 0.241 e. The van der Waals surface area contributed by atoms with Gasteiger partial charge in [0.25, 0.3) is 0 Å². The van der Waals surface area contributed by atoms with E-state index in [0.717, 1.165) is 41.9 Å². The molecule has 1 amide bonds. The van der Waals surface area contributed by atoms with E-state index in [9.17, 15) is 4.79 Å². The van der Waals surface area contributed by atoms with Gasteiger partial charge in [0.2, 0.25) is 5.91 Å². The summed E-state index contributed by atoms with van der Waals surface area (Å²) >= 11 is 0. The number of nitrogens with one attached hydrogen (secondary N) is 1. The van der Waals surface area contributed by atoms with Gasteiger partial charge in [0.05, 0.1) is 6.04 Å². The molecule has 3 unspecified atom stereocenters. The van der Waals surface area contributed by atoms with E-state index in [1.165, 1.54) is 19.3 Å². The fourth-order valence-electron chi connectivity index (χ4n) is 3.82. The second-order valence-electron chi connectivity index (χ2n) is 6.64. The van der Waals surface area contributed by atoms with Crippen molar-refractivity contribution >= 4 is 17.3 Å². The summed E-state index contributed by atoms with van der Waals surface area (Å²) < 4.78 is 0. The number of anilines is 2. The Kier molecular flexibility index (Phi) is 3.89. The Bertz CT molecular complexity index is 531. The Labute approximate surface area is 126 Å². The first-order chi connectivity index (χ1) is 10.0. The van der Waals surface area contributed by atoms with Crippen LogP contribution in [0.15, 0.2) is 18.2 Å². The maximum atomic E-state index is 12.5. The molecule has 2 fully saturated rings. The molecule has 1 saturated carbocycles. The van der Waals surface area contributed by atoms with E-state index in [4.69, 9.17) is 5.73 Å². The lowest BCUT2D eigenvalue weighted by Crippen LogP contribution is -2.41. The summed E-state index contributed by atoms with van der Waals surface area (Å²) in [6, 6.07) is 5.54. The Hall–Kier alpha value is -1.55. The fourth-order valence-corrected chi connectivity index (χ4v) is 3.82. The molecular weight excluding hydrogens is 262 g/mol. The molecule has 0 bridgehead atoms. The van der Waals surface area contributed by atoms with Crippen molar-refractivity contribution in [2.24, 2.45) is 11.8 Å². The predicted octanol–water partition coefficient (Wildman–Crippen LogP) is 2.64. The van der Waals surface area contributed by atoms with Crippen molar-refractivity contribution in [3.63, 3.8) is 0 Å². The summed E-state index contributed by atoms with van der Waals surface area (Å²) in [5.41, 5.74) is 8.35. The van der Waals surface area contributed by atoms with Crippen LogP contribution in [0.2, 0.25) is 0 Å². The molecule has 3 N–H and O–H groups in total. The number of nitrogens with two attached hydrogens (primary N) is 1. The summed E-state index contributed by atoms with van der Waals surface area (Å²) in [6.45, 7) is 6.15.